The molecule has 0 spiro atoms. The van der Waals surface area contributed by atoms with Gasteiger partial charge in [-0.05, 0) is 29.7 Å². The third-order valence-electron chi connectivity index (χ3n) is 7.56. The molecule has 13 heteroatoms. The highest BCUT2D eigenvalue weighted by molar-refractivity contribution is 5.89. The third kappa shape index (κ3) is 6.00. The highest BCUT2D eigenvalue weighted by Crippen LogP contribution is 2.47. The van der Waals surface area contributed by atoms with E-state index in [1.54, 1.807) is 31.2 Å². The van der Waals surface area contributed by atoms with Crippen molar-refractivity contribution in [1.29, 1.82) is 0 Å². The molecule has 1 saturated carbocycles. The predicted molar refractivity (Wildman–Crippen MR) is 134 cm³/mol. The van der Waals surface area contributed by atoms with Crippen LogP contribution in [0.5, 0.6) is 5.75 Å². The monoisotopic (exact) mass is 566 g/mol. The van der Waals surface area contributed by atoms with Gasteiger partial charge in [0.2, 0.25) is 6.29 Å². The molecule has 1 saturated heterocycles. The summed E-state index contributed by atoms with van der Waals surface area (Å²) in [6.45, 7) is 1.16. The van der Waals surface area contributed by atoms with Crippen LogP contribution in [0.4, 0.5) is 0 Å². The molecule has 2 aliphatic heterocycles. The van der Waals surface area contributed by atoms with Gasteiger partial charge in [-0.1, -0.05) is 19.1 Å². The van der Waals surface area contributed by atoms with E-state index in [2.05, 4.69) is 0 Å². The summed E-state index contributed by atoms with van der Waals surface area (Å²) in [6.07, 6.45) is -7.91. The molecule has 2 fully saturated rings. The summed E-state index contributed by atoms with van der Waals surface area (Å²) >= 11 is 0. The molecule has 11 atom stereocenters. The Morgan fingerprint density at radius 1 is 0.925 bits per heavy atom. The molecule has 0 aromatic heterocycles. The van der Waals surface area contributed by atoms with E-state index in [-0.39, 0.29) is 5.57 Å². The maximum atomic E-state index is 12.2. The molecule has 1 aromatic carbocycles. The second-order valence-electron chi connectivity index (χ2n) is 9.90. The Morgan fingerprint density at radius 2 is 1.62 bits per heavy atom. The van der Waals surface area contributed by atoms with E-state index in [0.29, 0.717) is 11.3 Å². The first-order valence-corrected chi connectivity index (χ1v) is 12.7. The SMILES string of the molecule is COC(=O)C1=CO[C@@H](O[C@H]2O[C@@H](COC(=O)C=Cc3ccc(OC)cc3)[C@@H](O)[C@@H](O)[C@H]2O)[C@@H]2[C@@H](C)[C@@H](O)[C@@H](O)[C@@H]12. The summed E-state index contributed by atoms with van der Waals surface area (Å²) in [5, 5.41) is 52.5. The average molecular weight is 567 g/mol. The maximum absolute atomic E-state index is 12.2. The number of carbonyl (C=O) groups excluding carboxylic acids is 2. The molecular formula is C27H34O13. The number of rotatable bonds is 8. The molecule has 220 valence electrons. The zero-order valence-corrected chi connectivity index (χ0v) is 22.1. The molecule has 40 heavy (non-hydrogen) atoms. The molecule has 4 rings (SSSR count). The first kappa shape index (κ1) is 29.9. The average Bonchev–Trinajstić information content (AvgIpc) is 3.20. The smallest absolute Gasteiger partial charge is 0.337 e. The van der Waals surface area contributed by atoms with Crippen LogP contribution in [0.1, 0.15) is 12.5 Å². The predicted octanol–water partition coefficient (Wildman–Crippen LogP) is -0.907. The molecule has 13 nitrogen and oxygen atoms in total. The van der Waals surface area contributed by atoms with Crippen molar-refractivity contribution in [2.24, 2.45) is 17.8 Å². The lowest BCUT2D eigenvalue weighted by atomic mass is 9.82. The second-order valence-corrected chi connectivity index (χ2v) is 9.90. The van der Waals surface area contributed by atoms with E-state index in [4.69, 9.17) is 28.4 Å². The van der Waals surface area contributed by atoms with Crippen LogP contribution in [-0.4, -0.2) is 108 Å². The fraction of sp³-hybridized carbons (Fsp3) is 0.556. The Morgan fingerprint density at radius 3 is 2.27 bits per heavy atom. The van der Waals surface area contributed by atoms with Crippen LogP contribution in [0.15, 0.2) is 42.2 Å². The number of aliphatic hydroxyl groups is 5. The summed E-state index contributed by atoms with van der Waals surface area (Å²) < 4.78 is 32.1. The number of benzene rings is 1. The number of ether oxygens (including phenoxy) is 6. The van der Waals surface area contributed by atoms with Crippen LogP contribution < -0.4 is 4.74 Å². The Labute approximate surface area is 230 Å². The Hall–Kier alpha value is -3.04. The molecule has 0 amide bonds. The van der Waals surface area contributed by atoms with Crippen molar-refractivity contribution >= 4 is 18.0 Å². The number of esters is 2. The number of carbonyl (C=O) groups is 2. The molecule has 5 N–H and O–H groups in total. The van der Waals surface area contributed by atoms with Gasteiger partial charge in [-0.2, -0.15) is 0 Å². The quantitative estimate of drug-likeness (QED) is 0.192. The zero-order valence-electron chi connectivity index (χ0n) is 22.1. The van der Waals surface area contributed by atoms with Crippen molar-refractivity contribution in [3.63, 3.8) is 0 Å². The number of fused-ring (bicyclic) bond motifs is 1. The molecule has 0 bridgehead atoms. The number of aliphatic hydroxyl groups excluding tert-OH is 5. The van der Waals surface area contributed by atoms with Crippen LogP contribution in [0.25, 0.3) is 6.08 Å². The highest BCUT2D eigenvalue weighted by atomic mass is 16.8. The van der Waals surface area contributed by atoms with Gasteiger partial charge in [0.1, 0.15) is 36.8 Å². The minimum Gasteiger partial charge on any atom is -0.497 e. The van der Waals surface area contributed by atoms with Crippen LogP contribution >= 0.6 is 0 Å². The molecular weight excluding hydrogens is 532 g/mol. The van der Waals surface area contributed by atoms with Crippen LogP contribution in [0, 0.1) is 17.8 Å². The number of hydrogen-bond donors (Lipinski definition) is 5. The molecule has 0 radical (unpaired) electrons. The van der Waals surface area contributed by atoms with Crippen molar-refractivity contribution in [2.45, 2.75) is 56.1 Å². The molecule has 3 aliphatic rings. The van der Waals surface area contributed by atoms with Crippen molar-refractivity contribution in [3.05, 3.63) is 47.7 Å². The fourth-order valence-corrected chi connectivity index (χ4v) is 5.24. The largest absolute Gasteiger partial charge is 0.497 e. The number of methoxy groups -OCH3 is 2. The Bertz CT molecular complexity index is 1100. The van der Waals surface area contributed by atoms with Crippen molar-refractivity contribution in [3.8, 4) is 5.75 Å². The van der Waals surface area contributed by atoms with Crippen molar-refractivity contribution < 1.29 is 63.5 Å². The Kier molecular flexibility index (Phi) is 9.46. The lowest BCUT2D eigenvalue weighted by molar-refractivity contribution is -0.343. The van der Waals surface area contributed by atoms with Gasteiger partial charge < -0.3 is 54.0 Å². The molecule has 0 unspecified atom stereocenters. The molecule has 1 aliphatic carbocycles. The first-order chi connectivity index (χ1) is 19.1. The van der Waals surface area contributed by atoms with Gasteiger partial charge in [0.25, 0.3) is 0 Å². The maximum Gasteiger partial charge on any atom is 0.337 e. The summed E-state index contributed by atoms with van der Waals surface area (Å²) in [5.41, 5.74) is 0.724. The van der Waals surface area contributed by atoms with Crippen molar-refractivity contribution in [1.82, 2.24) is 0 Å². The molecule has 2 heterocycles. The summed E-state index contributed by atoms with van der Waals surface area (Å²) in [7, 11) is 2.71. The van der Waals surface area contributed by atoms with E-state index in [0.717, 1.165) is 6.26 Å². The third-order valence-corrected chi connectivity index (χ3v) is 7.56. The minimum atomic E-state index is -1.73. The van der Waals surface area contributed by atoms with Crippen LogP contribution in [0.2, 0.25) is 0 Å². The lowest BCUT2D eigenvalue weighted by Crippen LogP contribution is -2.60. The van der Waals surface area contributed by atoms with Gasteiger partial charge in [0.15, 0.2) is 6.29 Å². The lowest BCUT2D eigenvalue weighted by Gasteiger charge is -2.43. The van der Waals surface area contributed by atoms with E-state index in [1.807, 2.05) is 0 Å². The van der Waals surface area contributed by atoms with E-state index in [9.17, 15) is 35.1 Å². The standard InChI is InChI=1S/C27H34O13/c1-12-18-19(22(31)20(12)29)15(25(34)36-3)10-38-26(18)40-27-24(33)23(32)21(30)16(39-27)11-37-17(28)9-6-13-4-7-14(35-2)8-5-13/h4-10,12,16,18-24,26-27,29-33H,11H2,1-3H3/t12-,16+,18-,19+,20-,21-,22+,23-,24-,26+,27-/m1/s1. The van der Waals surface area contributed by atoms with Gasteiger partial charge in [0.05, 0.1) is 38.3 Å². The van der Waals surface area contributed by atoms with Gasteiger partial charge in [-0.15, -0.1) is 0 Å². The topological polar surface area (TPSA) is 191 Å². The second kappa shape index (κ2) is 12.6. The van der Waals surface area contributed by atoms with E-state index in [1.165, 1.54) is 26.4 Å². The van der Waals surface area contributed by atoms with Gasteiger partial charge >= 0.3 is 11.9 Å². The van der Waals surface area contributed by atoms with Gasteiger partial charge in [-0.3, -0.25) is 0 Å². The number of hydrogen-bond acceptors (Lipinski definition) is 13. The Balaban J connectivity index is 1.42. The summed E-state index contributed by atoms with van der Waals surface area (Å²) in [5.74, 6) is -3.10. The molecule has 1 aromatic rings. The summed E-state index contributed by atoms with van der Waals surface area (Å²) in [6, 6.07) is 6.92. The van der Waals surface area contributed by atoms with Gasteiger partial charge in [-0.25, -0.2) is 9.59 Å². The first-order valence-electron chi connectivity index (χ1n) is 12.7. The van der Waals surface area contributed by atoms with Crippen LogP contribution in [0.3, 0.4) is 0 Å². The van der Waals surface area contributed by atoms with Crippen LogP contribution in [-0.2, 0) is 33.3 Å². The fourth-order valence-electron chi connectivity index (χ4n) is 5.24. The van der Waals surface area contributed by atoms with E-state index >= 15 is 0 Å². The van der Waals surface area contributed by atoms with Gasteiger partial charge in [0, 0.05) is 17.9 Å². The van der Waals surface area contributed by atoms with Crippen molar-refractivity contribution in [2.75, 3.05) is 20.8 Å². The minimum absolute atomic E-state index is 0.0105. The summed E-state index contributed by atoms with van der Waals surface area (Å²) in [4.78, 5) is 24.5. The zero-order chi connectivity index (χ0) is 29.1. The highest BCUT2D eigenvalue weighted by Gasteiger charge is 2.57. The van der Waals surface area contributed by atoms with E-state index < -0.39 is 85.5 Å². The normalized spacial score (nSPS) is 37.3.